The van der Waals surface area contributed by atoms with Crippen LogP contribution < -0.4 is 11.1 Å². The Kier molecular flexibility index (Phi) is 4.28. The van der Waals surface area contributed by atoms with E-state index in [2.05, 4.69) is 5.32 Å². The molecule has 0 fully saturated rings. The van der Waals surface area contributed by atoms with Crippen molar-refractivity contribution in [1.82, 2.24) is 0 Å². The SMILES string of the molecule is Nc1cccc(Cl)c1NC(=O)c1ccc(-c2cccc(Cl)c2)o1. The lowest BCUT2D eigenvalue weighted by atomic mass is 10.2. The van der Waals surface area contributed by atoms with Crippen LogP contribution in [0.15, 0.2) is 59.0 Å². The van der Waals surface area contributed by atoms with Crippen LogP contribution in [0.1, 0.15) is 10.6 Å². The van der Waals surface area contributed by atoms with Gasteiger partial charge in [-0.05, 0) is 36.4 Å². The van der Waals surface area contributed by atoms with E-state index in [1.54, 1.807) is 42.5 Å². The standard InChI is InChI=1S/C17H12Cl2N2O2/c18-11-4-1-3-10(9-11)14-7-8-15(23-14)17(22)21-16-12(19)5-2-6-13(16)20/h1-9H,20H2,(H,21,22). The normalized spacial score (nSPS) is 10.5. The molecule has 0 aliphatic heterocycles. The molecule has 0 aliphatic rings. The maximum absolute atomic E-state index is 12.3. The van der Waals surface area contributed by atoms with Gasteiger partial charge >= 0.3 is 0 Å². The van der Waals surface area contributed by atoms with Crippen LogP contribution in [0.25, 0.3) is 11.3 Å². The van der Waals surface area contributed by atoms with E-state index in [9.17, 15) is 4.79 Å². The van der Waals surface area contributed by atoms with Crippen molar-refractivity contribution < 1.29 is 9.21 Å². The van der Waals surface area contributed by atoms with Gasteiger partial charge in [-0.15, -0.1) is 0 Å². The monoisotopic (exact) mass is 346 g/mol. The Morgan fingerprint density at radius 1 is 1.04 bits per heavy atom. The predicted molar refractivity (Wildman–Crippen MR) is 93.0 cm³/mol. The van der Waals surface area contributed by atoms with Crippen molar-refractivity contribution in [3.05, 3.63) is 70.4 Å². The number of carbonyl (C=O) groups is 1. The Bertz CT molecular complexity index is 854. The largest absolute Gasteiger partial charge is 0.451 e. The highest BCUT2D eigenvalue weighted by molar-refractivity contribution is 6.34. The lowest BCUT2D eigenvalue weighted by molar-refractivity contribution is 0.0997. The summed E-state index contributed by atoms with van der Waals surface area (Å²) in [5, 5.41) is 3.61. The van der Waals surface area contributed by atoms with Crippen LogP contribution in [0.4, 0.5) is 11.4 Å². The molecule has 2 aromatic carbocycles. The van der Waals surface area contributed by atoms with Crippen LogP contribution in [-0.4, -0.2) is 5.91 Å². The summed E-state index contributed by atoms with van der Waals surface area (Å²) in [5.41, 5.74) is 7.35. The van der Waals surface area contributed by atoms with Crippen LogP contribution in [-0.2, 0) is 0 Å². The Labute approximate surface area is 142 Å². The zero-order valence-corrected chi connectivity index (χ0v) is 13.4. The summed E-state index contributed by atoms with van der Waals surface area (Å²) in [6, 6.07) is 15.5. The average Bonchev–Trinajstić information content (AvgIpc) is 3.01. The number of halogens is 2. The van der Waals surface area contributed by atoms with Crippen molar-refractivity contribution in [2.45, 2.75) is 0 Å². The summed E-state index contributed by atoms with van der Waals surface area (Å²) < 4.78 is 5.58. The fourth-order valence-electron chi connectivity index (χ4n) is 2.10. The Hall–Kier alpha value is -2.43. The maximum Gasteiger partial charge on any atom is 0.291 e. The number of hydrogen-bond donors (Lipinski definition) is 2. The van der Waals surface area contributed by atoms with E-state index in [0.717, 1.165) is 5.56 Å². The van der Waals surface area contributed by atoms with E-state index in [-0.39, 0.29) is 5.76 Å². The highest BCUT2D eigenvalue weighted by Crippen LogP contribution is 2.29. The molecule has 0 spiro atoms. The molecule has 6 heteroatoms. The van der Waals surface area contributed by atoms with E-state index < -0.39 is 5.91 Å². The third-order valence-corrected chi connectivity index (χ3v) is 3.77. The first kappa shape index (κ1) is 15.5. The summed E-state index contributed by atoms with van der Waals surface area (Å²) in [7, 11) is 0. The molecule has 3 aromatic rings. The molecule has 0 radical (unpaired) electrons. The molecule has 3 N–H and O–H groups in total. The molecule has 23 heavy (non-hydrogen) atoms. The Balaban J connectivity index is 1.84. The van der Waals surface area contributed by atoms with Gasteiger partial charge in [0.25, 0.3) is 5.91 Å². The van der Waals surface area contributed by atoms with Crippen LogP contribution in [0.5, 0.6) is 0 Å². The summed E-state index contributed by atoms with van der Waals surface area (Å²) in [4.78, 5) is 12.3. The molecule has 0 saturated carbocycles. The summed E-state index contributed by atoms with van der Waals surface area (Å²) in [6.07, 6.45) is 0. The van der Waals surface area contributed by atoms with Gasteiger partial charge in [0, 0.05) is 10.6 Å². The number of nitrogens with one attached hydrogen (secondary N) is 1. The number of nitrogen functional groups attached to an aromatic ring is 1. The minimum Gasteiger partial charge on any atom is -0.451 e. The second kappa shape index (κ2) is 6.36. The van der Waals surface area contributed by atoms with Gasteiger partial charge in [0.15, 0.2) is 5.76 Å². The number of benzene rings is 2. The molecule has 1 aromatic heterocycles. The van der Waals surface area contributed by atoms with Crippen molar-refractivity contribution in [1.29, 1.82) is 0 Å². The van der Waals surface area contributed by atoms with E-state index >= 15 is 0 Å². The van der Waals surface area contributed by atoms with Crippen molar-refractivity contribution in [3.8, 4) is 11.3 Å². The number of carbonyl (C=O) groups excluding carboxylic acids is 1. The Morgan fingerprint density at radius 2 is 1.83 bits per heavy atom. The van der Waals surface area contributed by atoms with Crippen molar-refractivity contribution >= 4 is 40.5 Å². The fourth-order valence-corrected chi connectivity index (χ4v) is 2.52. The summed E-state index contributed by atoms with van der Waals surface area (Å²) in [5.74, 6) is 0.266. The molecule has 116 valence electrons. The van der Waals surface area contributed by atoms with Crippen LogP contribution >= 0.6 is 23.2 Å². The first-order valence-corrected chi connectivity index (χ1v) is 7.51. The zero-order chi connectivity index (χ0) is 16.4. The molecule has 4 nitrogen and oxygen atoms in total. The number of rotatable bonds is 3. The minimum absolute atomic E-state index is 0.152. The average molecular weight is 347 g/mol. The number of para-hydroxylation sites is 1. The highest BCUT2D eigenvalue weighted by atomic mass is 35.5. The van der Waals surface area contributed by atoms with Gasteiger partial charge in [0.05, 0.1) is 16.4 Å². The molecule has 0 unspecified atom stereocenters. The molecular formula is C17H12Cl2N2O2. The third-order valence-electron chi connectivity index (χ3n) is 3.22. The lowest BCUT2D eigenvalue weighted by Crippen LogP contribution is -2.12. The number of nitrogens with two attached hydrogens (primary N) is 1. The first-order chi connectivity index (χ1) is 11.0. The molecule has 1 amide bonds. The lowest BCUT2D eigenvalue weighted by Gasteiger charge is -2.08. The van der Waals surface area contributed by atoms with Gasteiger partial charge in [0.1, 0.15) is 5.76 Å². The van der Waals surface area contributed by atoms with E-state index in [1.165, 1.54) is 0 Å². The molecule has 0 aliphatic carbocycles. The van der Waals surface area contributed by atoms with Gasteiger partial charge in [-0.3, -0.25) is 4.79 Å². The zero-order valence-electron chi connectivity index (χ0n) is 11.8. The first-order valence-electron chi connectivity index (χ1n) is 6.76. The van der Waals surface area contributed by atoms with Gasteiger partial charge in [-0.25, -0.2) is 0 Å². The highest BCUT2D eigenvalue weighted by Gasteiger charge is 2.15. The van der Waals surface area contributed by atoms with E-state index in [0.29, 0.717) is 27.2 Å². The third kappa shape index (κ3) is 3.33. The topological polar surface area (TPSA) is 68.3 Å². The van der Waals surface area contributed by atoms with Gasteiger partial charge in [-0.1, -0.05) is 41.4 Å². The molecular weight excluding hydrogens is 335 g/mol. The quantitative estimate of drug-likeness (QED) is 0.649. The van der Waals surface area contributed by atoms with Gasteiger partial charge in [0.2, 0.25) is 0 Å². The van der Waals surface area contributed by atoms with Crippen molar-refractivity contribution in [3.63, 3.8) is 0 Å². The Morgan fingerprint density at radius 3 is 2.57 bits per heavy atom. The summed E-state index contributed by atoms with van der Waals surface area (Å²) in [6.45, 7) is 0. The van der Waals surface area contributed by atoms with Crippen molar-refractivity contribution in [2.24, 2.45) is 0 Å². The van der Waals surface area contributed by atoms with Gasteiger partial charge < -0.3 is 15.5 Å². The predicted octanol–water partition coefficient (Wildman–Crippen LogP) is 5.09. The van der Waals surface area contributed by atoms with E-state index in [1.807, 2.05) is 12.1 Å². The molecule has 3 rings (SSSR count). The summed E-state index contributed by atoms with van der Waals surface area (Å²) >= 11 is 12.0. The molecule has 1 heterocycles. The second-order valence-corrected chi connectivity index (χ2v) is 5.68. The number of furan rings is 1. The van der Waals surface area contributed by atoms with Crippen molar-refractivity contribution in [2.75, 3.05) is 11.1 Å². The van der Waals surface area contributed by atoms with Gasteiger partial charge in [-0.2, -0.15) is 0 Å². The number of amides is 1. The number of hydrogen-bond acceptors (Lipinski definition) is 3. The van der Waals surface area contributed by atoms with E-state index in [4.69, 9.17) is 33.4 Å². The van der Waals surface area contributed by atoms with Crippen LogP contribution in [0, 0.1) is 0 Å². The molecule has 0 bridgehead atoms. The van der Waals surface area contributed by atoms with Crippen LogP contribution in [0.2, 0.25) is 10.0 Å². The minimum atomic E-state index is -0.432. The molecule has 0 atom stereocenters. The maximum atomic E-state index is 12.3. The van der Waals surface area contributed by atoms with Crippen LogP contribution in [0.3, 0.4) is 0 Å². The number of anilines is 2. The smallest absolute Gasteiger partial charge is 0.291 e. The fraction of sp³-hybridized carbons (Fsp3) is 0. The second-order valence-electron chi connectivity index (χ2n) is 4.83. The molecule has 0 saturated heterocycles.